The Morgan fingerprint density at radius 1 is 1.25 bits per heavy atom. The number of carboxylic acids is 1. The van der Waals surface area contributed by atoms with Gasteiger partial charge >= 0.3 is 6.03 Å². The topological polar surface area (TPSA) is 81.3 Å². The molecule has 0 saturated heterocycles. The maximum absolute atomic E-state index is 11.7. The minimum atomic E-state index is -1.26. The molecule has 1 rings (SSSR count). The van der Waals surface area contributed by atoms with E-state index < -0.39 is 18.0 Å². The van der Waals surface area contributed by atoms with Gasteiger partial charge in [0.05, 0.1) is 12.0 Å². The summed E-state index contributed by atoms with van der Waals surface area (Å²) in [5.74, 6) is -1.44. The van der Waals surface area contributed by atoms with E-state index in [4.69, 9.17) is 0 Å². The van der Waals surface area contributed by atoms with Crippen molar-refractivity contribution in [3.63, 3.8) is 0 Å². The summed E-state index contributed by atoms with van der Waals surface area (Å²) in [6.07, 6.45) is 0.650. The van der Waals surface area contributed by atoms with E-state index >= 15 is 0 Å². The van der Waals surface area contributed by atoms with Crippen LogP contribution in [0.4, 0.5) is 4.79 Å². The van der Waals surface area contributed by atoms with Crippen molar-refractivity contribution in [2.75, 3.05) is 0 Å². The van der Waals surface area contributed by atoms with Crippen LogP contribution in [0, 0.1) is 12.8 Å². The highest BCUT2D eigenvalue weighted by atomic mass is 16.4. The Hall–Kier alpha value is -2.04. The average Bonchev–Trinajstić information content (AvgIpc) is 2.43. The number of hydrogen-bond donors (Lipinski definition) is 2. The molecule has 2 N–H and O–H groups in total. The lowest BCUT2D eigenvalue weighted by molar-refractivity contribution is -0.309. The van der Waals surface area contributed by atoms with Crippen LogP contribution in [-0.2, 0) is 11.3 Å². The third-order valence-corrected chi connectivity index (χ3v) is 3.33. The van der Waals surface area contributed by atoms with Crippen LogP contribution >= 0.6 is 0 Å². The van der Waals surface area contributed by atoms with Crippen molar-refractivity contribution < 1.29 is 14.7 Å². The van der Waals surface area contributed by atoms with Crippen molar-refractivity contribution in [1.29, 1.82) is 0 Å². The van der Waals surface area contributed by atoms with Gasteiger partial charge in [0.1, 0.15) is 0 Å². The molecule has 2 amide bonds. The van der Waals surface area contributed by atoms with Crippen molar-refractivity contribution in [1.82, 2.24) is 10.6 Å². The number of carbonyl (C=O) groups is 2. The van der Waals surface area contributed by atoms with Gasteiger partial charge in [-0.25, -0.2) is 4.79 Å². The zero-order valence-corrected chi connectivity index (χ0v) is 12.1. The molecular weight excluding hydrogens is 256 g/mol. The lowest BCUT2D eigenvalue weighted by Gasteiger charge is -2.25. The van der Waals surface area contributed by atoms with Crippen LogP contribution in [0.1, 0.15) is 31.4 Å². The standard InChI is InChI=1S/C15H22N2O3/c1-4-11(3)13(14(18)19)17-15(20)16-9-12-7-5-10(2)6-8-12/h5-8,11,13H,4,9H2,1-3H3,(H,18,19)(H2,16,17,20)/p-1/t11-,13-/m0/s1. The highest BCUT2D eigenvalue weighted by Crippen LogP contribution is 2.07. The Kier molecular flexibility index (Phi) is 6.03. The lowest BCUT2D eigenvalue weighted by atomic mass is 9.99. The highest BCUT2D eigenvalue weighted by Gasteiger charge is 2.19. The molecule has 0 aliphatic rings. The molecule has 5 nitrogen and oxygen atoms in total. The predicted molar refractivity (Wildman–Crippen MR) is 74.8 cm³/mol. The SMILES string of the molecule is CC[C@H](C)[C@H](NC(=O)NCc1ccc(C)cc1)C(=O)[O-]. The molecule has 0 fully saturated rings. The molecule has 1 aromatic carbocycles. The summed E-state index contributed by atoms with van der Waals surface area (Å²) in [5.41, 5.74) is 2.10. The van der Waals surface area contributed by atoms with E-state index in [1.165, 1.54) is 0 Å². The van der Waals surface area contributed by atoms with Crippen LogP contribution in [0.2, 0.25) is 0 Å². The minimum Gasteiger partial charge on any atom is -0.548 e. The van der Waals surface area contributed by atoms with E-state index in [9.17, 15) is 14.7 Å². The molecule has 0 bridgehead atoms. The number of amides is 2. The van der Waals surface area contributed by atoms with Crippen LogP contribution in [0.5, 0.6) is 0 Å². The monoisotopic (exact) mass is 277 g/mol. The van der Waals surface area contributed by atoms with Gasteiger partial charge in [-0.3, -0.25) is 0 Å². The molecule has 5 heteroatoms. The van der Waals surface area contributed by atoms with E-state index in [2.05, 4.69) is 10.6 Å². The van der Waals surface area contributed by atoms with E-state index in [1.807, 2.05) is 38.1 Å². The summed E-state index contributed by atoms with van der Waals surface area (Å²) in [6, 6.07) is 6.27. The molecule has 0 spiro atoms. The molecule has 0 unspecified atom stereocenters. The van der Waals surface area contributed by atoms with E-state index in [0.717, 1.165) is 11.1 Å². The number of benzene rings is 1. The molecule has 1 aromatic rings. The molecule has 0 aromatic heterocycles. The zero-order chi connectivity index (χ0) is 15.1. The molecule has 0 radical (unpaired) electrons. The number of rotatable bonds is 6. The fraction of sp³-hybridized carbons (Fsp3) is 0.467. The van der Waals surface area contributed by atoms with Gasteiger partial charge in [-0.05, 0) is 18.4 Å². The first kappa shape index (κ1) is 16.0. The Morgan fingerprint density at radius 3 is 2.35 bits per heavy atom. The van der Waals surface area contributed by atoms with Gasteiger partial charge in [0, 0.05) is 6.54 Å². The van der Waals surface area contributed by atoms with Crippen LogP contribution in [-0.4, -0.2) is 18.0 Å². The molecule has 2 atom stereocenters. The number of hydrogen-bond acceptors (Lipinski definition) is 3. The van der Waals surface area contributed by atoms with Gasteiger partial charge in [0.2, 0.25) is 0 Å². The number of aryl methyl sites for hydroxylation is 1. The van der Waals surface area contributed by atoms with Gasteiger partial charge in [-0.15, -0.1) is 0 Å². The lowest BCUT2D eigenvalue weighted by Crippen LogP contribution is -2.53. The van der Waals surface area contributed by atoms with Gasteiger partial charge in [0.25, 0.3) is 0 Å². The van der Waals surface area contributed by atoms with Crippen molar-refractivity contribution in [3.05, 3.63) is 35.4 Å². The van der Waals surface area contributed by atoms with Crippen molar-refractivity contribution in [3.8, 4) is 0 Å². The van der Waals surface area contributed by atoms with E-state index in [-0.39, 0.29) is 5.92 Å². The first-order chi connectivity index (χ1) is 9.43. The summed E-state index contributed by atoms with van der Waals surface area (Å²) in [4.78, 5) is 22.7. The van der Waals surface area contributed by atoms with E-state index in [1.54, 1.807) is 6.92 Å². The molecular formula is C15H21N2O3-. The van der Waals surface area contributed by atoms with Crippen LogP contribution < -0.4 is 15.7 Å². The maximum atomic E-state index is 11.7. The average molecular weight is 277 g/mol. The predicted octanol–water partition coefficient (Wildman–Crippen LogP) is 0.959. The fourth-order valence-corrected chi connectivity index (χ4v) is 1.75. The van der Waals surface area contributed by atoms with Gasteiger partial charge in [0.15, 0.2) is 0 Å². The number of carboxylic acid groups (broad SMARTS) is 1. The molecule has 110 valence electrons. The number of urea groups is 1. The summed E-state index contributed by atoms with van der Waals surface area (Å²) in [7, 11) is 0. The number of carbonyl (C=O) groups excluding carboxylic acids is 2. The Labute approximate surface area is 119 Å². The summed E-state index contributed by atoms with van der Waals surface area (Å²) in [6.45, 7) is 5.97. The molecule has 20 heavy (non-hydrogen) atoms. The normalized spacial score (nSPS) is 13.3. The second-order valence-corrected chi connectivity index (χ2v) is 4.99. The number of aliphatic carboxylic acids is 1. The summed E-state index contributed by atoms with van der Waals surface area (Å²) in [5, 5.41) is 16.1. The van der Waals surface area contributed by atoms with Crippen molar-refractivity contribution in [2.45, 2.75) is 39.8 Å². The van der Waals surface area contributed by atoms with Crippen molar-refractivity contribution >= 4 is 12.0 Å². The first-order valence-electron chi connectivity index (χ1n) is 6.74. The highest BCUT2D eigenvalue weighted by molar-refractivity contribution is 5.81. The first-order valence-corrected chi connectivity index (χ1v) is 6.74. The Bertz CT molecular complexity index is 457. The van der Waals surface area contributed by atoms with Gasteiger partial charge in [-0.2, -0.15) is 0 Å². The number of nitrogens with one attached hydrogen (secondary N) is 2. The van der Waals surface area contributed by atoms with E-state index in [0.29, 0.717) is 13.0 Å². The third kappa shape index (κ3) is 4.91. The smallest absolute Gasteiger partial charge is 0.315 e. The molecule has 0 heterocycles. The molecule has 0 aliphatic carbocycles. The van der Waals surface area contributed by atoms with Crippen LogP contribution in [0.15, 0.2) is 24.3 Å². The Balaban J connectivity index is 2.49. The maximum Gasteiger partial charge on any atom is 0.315 e. The minimum absolute atomic E-state index is 0.176. The third-order valence-electron chi connectivity index (χ3n) is 3.33. The molecule has 0 saturated carbocycles. The largest absolute Gasteiger partial charge is 0.548 e. The second-order valence-electron chi connectivity index (χ2n) is 4.99. The molecule has 0 aliphatic heterocycles. The fourth-order valence-electron chi connectivity index (χ4n) is 1.75. The summed E-state index contributed by atoms with van der Waals surface area (Å²) < 4.78 is 0. The zero-order valence-electron chi connectivity index (χ0n) is 12.1. The van der Waals surface area contributed by atoms with Gasteiger partial charge in [-0.1, -0.05) is 50.1 Å². The van der Waals surface area contributed by atoms with Gasteiger partial charge < -0.3 is 20.5 Å². The quantitative estimate of drug-likeness (QED) is 0.812. The van der Waals surface area contributed by atoms with Crippen LogP contribution in [0.3, 0.4) is 0 Å². The van der Waals surface area contributed by atoms with Crippen molar-refractivity contribution in [2.24, 2.45) is 5.92 Å². The summed E-state index contributed by atoms with van der Waals surface area (Å²) >= 11 is 0. The van der Waals surface area contributed by atoms with Crippen LogP contribution in [0.25, 0.3) is 0 Å². The second kappa shape index (κ2) is 7.53. The Morgan fingerprint density at radius 2 is 1.85 bits per heavy atom.